The summed E-state index contributed by atoms with van der Waals surface area (Å²) in [6, 6.07) is 9.62. The number of benzene rings is 1. The fraction of sp³-hybridized carbons (Fsp3) is 0.333. The molecule has 1 atom stereocenters. The molecule has 0 unspecified atom stereocenters. The van der Waals surface area contributed by atoms with E-state index in [1.807, 2.05) is 38.1 Å². The number of furan rings is 1. The first kappa shape index (κ1) is 19.7. The number of hydrogen-bond donors (Lipinski definition) is 1. The van der Waals surface area contributed by atoms with E-state index in [2.05, 4.69) is 0 Å². The molecule has 0 aliphatic carbocycles. The van der Waals surface area contributed by atoms with E-state index < -0.39 is 23.5 Å². The van der Waals surface area contributed by atoms with Crippen LogP contribution in [0.1, 0.15) is 29.1 Å². The Morgan fingerprint density at radius 1 is 1.29 bits per heavy atom. The van der Waals surface area contributed by atoms with Gasteiger partial charge in [-0.25, -0.2) is 0 Å². The Morgan fingerprint density at radius 3 is 2.71 bits per heavy atom. The van der Waals surface area contributed by atoms with Crippen LogP contribution in [-0.2, 0) is 4.79 Å². The molecule has 2 aromatic rings. The second kappa shape index (κ2) is 8.31. The van der Waals surface area contributed by atoms with Crippen LogP contribution < -0.4 is 4.74 Å². The summed E-state index contributed by atoms with van der Waals surface area (Å²) < 4.78 is 10.8. The van der Waals surface area contributed by atoms with Crippen LogP contribution >= 0.6 is 0 Å². The van der Waals surface area contributed by atoms with Gasteiger partial charge in [0, 0.05) is 13.1 Å². The molecule has 3 rings (SSSR count). The Balaban J connectivity index is 2.05. The van der Waals surface area contributed by atoms with Crippen LogP contribution in [0.15, 0.2) is 58.4 Å². The molecule has 1 aromatic heterocycles. The number of ether oxygens (including phenoxy) is 1. The van der Waals surface area contributed by atoms with Crippen LogP contribution in [0.25, 0.3) is 0 Å². The molecular formula is C21H24N2O5. The number of hydrogen-bond acceptors (Lipinski definition) is 6. The Bertz CT molecular complexity index is 886. The van der Waals surface area contributed by atoms with E-state index in [0.29, 0.717) is 31.0 Å². The van der Waals surface area contributed by atoms with E-state index in [1.165, 1.54) is 17.2 Å². The van der Waals surface area contributed by atoms with Crippen molar-refractivity contribution < 1.29 is 23.8 Å². The summed E-state index contributed by atoms with van der Waals surface area (Å²) in [7, 11) is 3.79. The lowest BCUT2D eigenvalue weighted by Gasteiger charge is -2.28. The van der Waals surface area contributed by atoms with E-state index in [1.54, 1.807) is 18.2 Å². The summed E-state index contributed by atoms with van der Waals surface area (Å²) in [5, 5.41) is 10.5. The first-order chi connectivity index (χ1) is 13.4. The number of Topliss-reactive ketones (excluding diaryl/α,β-unsaturated/α-hetero) is 1. The highest BCUT2D eigenvalue weighted by Crippen LogP contribution is 2.39. The van der Waals surface area contributed by atoms with Gasteiger partial charge in [0.25, 0.3) is 5.91 Å². The van der Waals surface area contributed by atoms with Gasteiger partial charge in [-0.05, 0) is 50.8 Å². The molecule has 0 spiro atoms. The van der Waals surface area contributed by atoms with Gasteiger partial charge in [0.15, 0.2) is 11.5 Å². The van der Waals surface area contributed by atoms with Crippen molar-refractivity contribution in [2.24, 2.45) is 0 Å². The van der Waals surface area contributed by atoms with Gasteiger partial charge in [0.2, 0.25) is 5.78 Å². The standard InChI is InChI=1S/C21H24N2O5/c1-4-27-15-8-5-7-14(13-15)18-17(19(24)16-9-6-12-28-16)20(25)21(26)23(18)11-10-22(2)3/h5-9,12-13,18,25H,4,10-11H2,1-3H3/t18-/m0/s1. The molecule has 0 radical (unpaired) electrons. The van der Waals surface area contributed by atoms with Crippen LogP contribution in [0, 0.1) is 0 Å². The number of carbonyl (C=O) groups excluding carboxylic acids is 2. The molecule has 2 heterocycles. The van der Waals surface area contributed by atoms with Gasteiger partial charge in [-0.2, -0.15) is 0 Å². The van der Waals surface area contributed by atoms with Crippen molar-refractivity contribution in [3.63, 3.8) is 0 Å². The number of aliphatic hydroxyl groups excluding tert-OH is 1. The van der Waals surface area contributed by atoms with Crippen molar-refractivity contribution in [2.75, 3.05) is 33.8 Å². The number of rotatable bonds is 8. The number of ketones is 1. The minimum absolute atomic E-state index is 0.0207. The maximum atomic E-state index is 13.0. The Labute approximate surface area is 163 Å². The molecule has 28 heavy (non-hydrogen) atoms. The van der Waals surface area contributed by atoms with Gasteiger partial charge in [-0.15, -0.1) is 0 Å². The van der Waals surface area contributed by atoms with Crippen molar-refractivity contribution >= 4 is 11.7 Å². The maximum absolute atomic E-state index is 13.0. The number of likely N-dealkylation sites (N-methyl/N-ethyl adjacent to an activating group) is 1. The van der Waals surface area contributed by atoms with Gasteiger partial charge in [0.1, 0.15) is 5.75 Å². The first-order valence-electron chi connectivity index (χ1n) is 9.13. The zero-order valence-electron chi connectivity index (χ0n) is 16.2. The molecule has 1 aliphatic rings. The minimum Gasteiger partial charge on any atom is -0.503 e. The highest BCUT2D eigenvalue weighted by molar-refractivity contribution is 6.15. The number of carbonyl (C=O) groups is 2. The van der Waals surface area contributed by atoms with Gasteiger partial charge < -0.3 is 24.1 Å². The van der Waals surface area contributed by atoms with Crippen molar-refractivity contribution in [2.45, 2.75) is 13.0 Å². The van der Waals surface area contributed by atoms with E-state index in [0.717, 1.165) is 0 Å². The molecule has 1 amide bonds. The van der Waals surface area contributed by atoms with E-state index in [9.17, 15) is 14.7 Å². The molecule has 1 aromatic carbocycles. The average molecular weight is 384 g/mol. The summed E-state index contributed by atoms with van der Waals surface area (Å²) in [5.41, 5.74) is 0.712. The largest absolute Gasteiger partial charge is 0.503 e. The van der Waals surface area contributed by atoms with E-state index >= 15 is 0 Å². The first-order valence-corrected chi connectivity index (χ1v) is 9.13. The Morgan fingerprint density at radius 2 is 2.07 bits per heavy atom. The molecule has 7 nitrogen and oxygen atoms in total. The predicted octanol–water partition coefficient (Wildman–Crippen LogP) is 2.82. The normalized spacial score (nSPS) is 16.9. The summed E-state index contributed by atoms with van der Waals surface area (Å²) in [6.45, 7) is 3.32. The molecule has 0 saturated carbocycles. The summed E-state index contributed by atoms with van der Waals surface area (Å²) in [6.07, 6.45) is 1.39. The van der Waals surface area contributed by atoms with Gasteiger partial charge in [-0.1, -0.05) is 12.1 Å². The lowest BCUT2D eigenvalue weighted by Crippen LogP contribution is -2.36. The molecule has 0 bridgehead atoms. The van der Waals surface area contributed by atoms with Gasteiger partial charge >= 0.3 is 0 Å². The third-order valence-electron chi connectivity index (χ3n) is 4.57. The molecule has 1 aliphatic heterocycles. The van der Waals surface area contributed by atoms with Crippen molar-refractivity contribution in [1.82, 2.24) is 9.80 Å². The zero-order valence-corrected chi connectivity index (χ0v) is 16.2. The summed E-state index contributed by atoms with van der Waals surface area (Å²) in [5.74, 6) is -0.892. The fourth-order valence-corrected chi connectivity index (χ4v) is 3.25. The third kappa shape index (κ3) is 3.80. The SMILES string of the molecule is CCOc1cccc([C@H]2C(C(=O)c3ccco3)=C(O)C(=O)N2CCN(C)C)c1. The Kier molecular flexibility index (Phi) is 5.84. The Hall–Kier alpha value is -3.06. The summed E-state index contributed by atoms with van der Waals surface area (Å²) in [4.78, 5) is 29.2. The van der Waals surface area contributed by atoms with E-state index in [4.69, 9.17) is 9.15 Å². The molecule has 0 saturated heterocycles. The number of amides is 1. The quantitative estimate of drug-likeness (QED) is 0.705. The molecule has 0 fully saturated rings. The molecule has 1 N–H and O–H groups in total. The smallest absolute Gasteiger partial charge is 0.290 e. The summed E-state index contributed by atoms with van der Waals surface area (Å²) >= 11 is 0. The molecular weight excluding hydrogens is 360 g/mol. The molecule has 7 heteroatoms. The van der Waals surface area contributed by atoms with Crippen molar-refractivity contribution in [1.29, 1.82) is 0 Å². The lowest BCUT2D eigenvalue weighted by atomic mass is 9.95. The number of aliphatic hydroxyl groups is 1. The highest BCUT2D eigenvalue weighted by atomic mass is 16.5. The van der Waals surface area contributed by atoms with Crippen molar-refractivity contribution in [3.8, 4) is 5.75 Å². The van der Waals surface area contributed by atoms with Crippen LogP contribution in [0.2, 0.25) is 0 Å². The molecule has 148 valence electrons. The lowest BCUT2D eigenvalue weighted by molar-refractivity contribution is -0.129. The third-order valence-corrected chi connectivity index (χ3v) is 4.57. The highest BCUT2D eigenvalue weighted by Gasteiger charge is 2.44. The van der Waals surface area contributed by atoms with Crippen molar-refractivity contribution in [3.05, 3.63) is 65.3 Å². The zero-order chi connectivity index (χ0) is 20.3. The van der Waals surface area contributed by atoms with Gasteiger partial charge in [0.05, 0.1) is 24.5 Å². The predicted molar refractivity (Wildman–Crippen MR) is 103 cm³/mol. The van der Waals surface area contributed by atoms with Gasteiger partial charge in [-0.3, -0.25) is 9.59 Å². The topological polar surface area (TPSA) is 83.2 Å². The van der Waals surface area contributed by atoms with Crippen LogP contribution in [0.3, 0.4) is 0 Å². The van der Waals surface area contributed by atoms with Crippen LogP contribution in [-0.4, -0.2) is 60.4 Å². The number of nitrogens with zero attached hydrogens (tertiary/aromatic N) is 2. The van der Waals surface area contributed by atoms with E-state index in [-0.39, 0.29) is 11.3 Å². The monoisotopic (exact) mass is 384 g/mol. The second-order valence-corrected chi connectivity index (χ2v) is 6.78. The van der Waals surface area contributed by atoms with Crippen LogP contribution in [0.4, 0.5) is 0 Å². The minimum atomic E-state index is -0.717. The fourth-order valence-electron chi connectivity index (χ4n) is 3.25. The maximum Gasteiger partial charge on any atom is 0.290 e. The second-order valence-electron chi connectivity index (χ2n) is 6.78. The average Bonchev–Trinajstić information content (AvgIpc) is 3.28. The van der Waals surface area contributed by atoms with Crippen LogP contribution in [0.5, 0.6) is 5.75 Å².